The Bertz CT molecular complexity index is 1540. The van der Waals surface area contributed by atoms with Crippen LogP contribution in [0.25, 0.3) is 0 Å². The molecule has 0 radical (unpaired) electrons. The highest BCUT2D eigenvalue weighted by Crippen LogP contribution is 2.50. The van der Waals surface area contributed by atoms with Gasteiger partial charge in [0.1, 0.15) is 24.1 Å². The summed E-state index contributed by atoms with van der Waals surface area (Å²) in [6, 6.07) is 37.1. The highest BCUT2D eigenvalue weighted by atomic mass is 16.7. The van der Waals surface area contributed by atoms with Crippen LogP contribution in [0.1, 0.15) is 42.4 Å². The summed E-state index contributed by atoms with van der Waals surface area (Å²) in [7, 11) is 1.62. The maximum atomic E-state index is 12.9. The van der Waals surface area contributed by atoms with Gasteiger partial charge in [0.15, 0.2) is 18.5 Å². The van der Waals surface area contributed by atoms with Crippen molar-refractivity contribution in [1.29, 1.82) is 0 Å². The molecule has 2 saturated heterocycles. The molecule has 1 unspecified atom stereocenters. The standard InChI is InChI=1S/C37H36O8/c1-24(38)42-33-32-31(23-41-36(45-32)26-13-7-4-8-14-26)44-35(34(33)43-25(2)39)37(27-15-9-5-10-16-27,28-17-11-6-12-18-28)29-19-21-30(40-3)22-20-29/h4-22,31-36H,23H2,1-3H3/t31-,32+,33+,34-,35-,36?/m1/s1. The van der Waals surface area contributed by atoms with E-state index in [1.165, 1.54) is 13.8 Å². The molecule has 8 heteroatoms. The van der Waals surface area contributed by atoms with Crippen LogP contribution in [0, 0.1) is 0 Å². The Kier molecular flexibility index (Phi) is 8.98. The first kappa shape index (κ1) is 30.5. The van der Waals surface area contributed by atoms with Crippen molar-refractivity contribution in [2.45, 2.75) is 56.1 Å². The van der Waals surface area contributed by atoms with Crippen LogP contribution in [0.4, 0.5) is 0 Å². The van der Waals surface area contributed by atoms with Gasteiger partial charge in [0.2, 0.25) is 0 Å². The summed E-state index contributed by atoms with van der Waals surface area (Å²) in [5, 5.41) is 0. The molecule has 45 heavy (non-hydrogen) atoms. The highest BCUT2D eigenvalue weighted by molar-refractivity contribution is 5.68. The van der Waals surface area contributed by atoms with E-state index in [0.717, 1.165) is 22.3 Å². The minimum atomic E-state index is -1.07. The second-order valence-electron chi connectivity index (χ2n) is 11.2. The van der Waals surface area contributed by atoms with E-state index in [4.69, 9.17) is 28.4 Å². The predicted octanol–water partition coefficient (Wildman–Crippen LogP) is 5.77. The lowest BCUT2D eigenvalue weighted by Gasteiger charge is -2.54. The lowest BCUT2D eigenvalue weighted by Crippen LogP contribution is -2.68. The van der Waals surface area contributed by atoms with Crippen LogP contribution in [0.15, 0.2) is 115 Å². The van der Waals surface area contributed by atoms with E-state index in [9.17, 15) is 9.59 Å². The first-order valence-corrected chi connectivity index (χ1v) is 15.0. The van der Waals surface area contributed by atoms with E-state index in [1.54, 1.807) is 7.11 Å². The molecule has 0 N–H and O–H groups in total. The van der Waals surface area contributed by atoms with Crippen molar-refractivity contribution in [3.63, 3.8) is 0 Å². The van der Waals surface area contributed by atoms with E-state index >= 15 is 0 Å². The molecule has 0 saturated carbocycles. The minimum Gasteiger partial charge on any atom is -0.497 e. The van der Waals surface area contributed by atoms with Gasteiger partial charge in [-0.15, -0.1) is 0 Å². The molecule has 2 aliphatic heterocycles. The van der Waals surface area contributed by atoms with Gasteiger partial charge in [0.05, 0.1) is 19.1 Å². The molecule has 6 rings (SSSR count). The molecule has 2 fully saturated rings. The molecule has 0 bridgehead atoms. The maximum Gasteiger partial charge on any atom is 0.303 e. The first-order chi connectivity index (χ1) is 21.9. The zero-order valence-electron chi connectivity index (χ0n) is 25.4. The van der Waals surface area contributed by atoms with E-state index in [0.29, 0.717) is 5.75 Å². The number of ether oxygens (including phenoxy) is 6. The molecular weight excluding hydrogens is 572 g/mol. The summed E-state index contributed by atoms with van der Waals surface area (Å²) in [6.07, 6.45) is -5.12. The van der Waals surface area contributed by atoms with Crippen molar-refractivity contribution in [2.24, 2.45) is 0 Å². The minimum absolute atomic E-state index is 0.160. The van der Waals surface area contributed by atoms with Crippen molar-refractivity contribution in [3.05, 3.63) is 138 Å². The highest BCUT2D eigenvalue weighted by Gasteiger charge is 2.60. The first-order valence-electron chi connectivity index (χ1n) is 15.0. The summed E-state index contributed by atoms with van der Waals surface area (Å²) in [6.45, 7) is 2.84. The fourth-order valence-corrected chi connectivity index (χ4v) is 6.61. The second kappa shape index (κ2) is 13.2. The van der Waals surface area contributed by atoms with Gasteiger partial charge in [-0.05, 0) is 28.8 Å². The Labute approximate surface area is 262 Å². The molecule has 8 nitrogen and oxygen atoms in total. The molecule has 4 aromatic rings. The normalized spacial score (nSPS) is 24.6. The van der Waals surface area contributed by atoms with Gasteiger partial charge in [-0.3, -0.25) is 9.59 Å². The van der Waals surface area contributed by atoms with Gasteiger partial charge < -0.3 is 28.4 Å². The average Bonchev–Trinajstić information content (AvgIpc) is 3.07. The predicted molar refractivity (Wildman–Crippen MR) is 166 cm³/mol. The Balaban J connectivity index is 1.56. The number of hydrogen-bond acceptors (Lipinski definition) is 8. The molecule has 4 aromatic carbocycles. The molecule has 0 spiro atoms. The fourth-order valence-electron chi connectivity index (χ4n) is 6.61. The zero-order valence-corrected chi connectivity index (χ0v) is 25.4. The van der Waals surface area contributed by atoms with Gasteiger partial charge in [0, 0.05) is 19.4 Å². The number of carbonyl (C=O) groups excluding carboxylic acids is 2. The summed E-state index contributed by atoms with van der Waals surface area (Å²) < 4.78 is 37.4. The lowest BCUT2D eigenvalue weighted by atomic mass is 9.63. The van der Waals surface area contributed by atoms with Crippen LogP contribution in [0.2, 0.25) is 0 Å². The number of methoxy groups -OCH3 is 1. The third kappa shape index (κ3) is 5.96. The molecule has 0 aliphatic carbocycles. The van der Waals surface area contributed by atoms with Gasteiger partial charge in [0.25, 0.3) is 0 Å². The summed E-state index contributed by atoms with van der Waals surface area (Å²) in [5.41, 5.74) is 2.41. The fraction of sp³-hybridized carbons (Fsp3) is 0.297. The lowest BCUT2D eigenvalue weighted by molar-refractivity contribution is -0.334. The van der Waals surface area contributed by atoms with E-state index in [1.807, 2.05) is 115 Å². The summed E-state index contributed by atoms with van der Waals surface area (Å²) in [5.74, 6) is -0.383. The maximum absolute atomic E-state index is 12.9. The molecule has 0 aromatic heterocycles. The third-order valence-corrected chi connectivity index (χ3v) is 8.43. The molecule has 232 valence electrons. The van der Waals surface area contributed by atoms with Crippen LogP contribution in [0.5, 0.6) is 5.75 Å². The third-order valence-electron chi connectivity index (χ3n) is 8.43. The Morgan fingerprint density at radius 3 is 1.71 bits per heavy atom. The van der Waals surface area contributed by atoms with Gasteiger partial charge in [-0.2, -0.15) is 0 Å². The smallest absolute Gasteiger partial charge is 0.303 e. The largest absolute Gasteiger partial charge is 0.497 e. The SMILES string of the molecule is COc1ccc(C(c2ccccc2)(c2ccccc2)[C@@H]2O[C@@H]3COC(c4ccccc4)O[C@@H]3[C@H](OC(C)=O)[C@H]2OC(C)=O)cc1. The Morgan fingerprint density at radius 1 is 0.667 bits per heavy atom. The number of hydrogen-bond donors (Lipinski definition) is 0. The van der Waals surface area contributed by atoms with Gasteiger partial charge in [-0.25, -0.2) is 0 Å². The zero-order chi connectivity index (χ0) is 31.4. The summed E-state index contributed by atoms with van der Waals surface area (Å²) in [4.78, 5) is 25.6. The summed E-state index contributed by atoms with van der Waals surface area (Å²) >= 11 is 0. The van der Waals surface area contributed by atoms with Crippen molar-refractivity contribution in [2.75, 3.05) is 13.7 Å². The Morgan fingerprint density at radius 2 is 1.18 bits per heavy atom. The average molecular weight is 609 g/mol. The van der Waals surface area contributed by atoms with Crippen LogP contribution in [0.3, 0.4) is 0 Å². The molecule has 6 atom stereocenters. The van der Waals surface area contributed by atoms with Gasteiger partial charge >= 0.3 is 11.9 Å². The Hall–Kier alpha value is -4.50. The second-order valence-corrected chi connectivity index (χ2v) is 11.2. The molecule has 2 aliphatic rings. The van der Waals surface area contributed by atoms with E-state index in [2.05, 4.69) is 0 Å². The van der Waals surface area contributed by atoms with Crippen molar-refractivity contribution >= 4 is 11.9 Å². The van der Waals surface area contributed by atoms with E-state index < -0.39 is 54.2 Å². The number of carbonyl (C=O) groups is 2. The monoisotopic (exact) mass is 608 g/mol. The number of rotatable bonds is 8. The van der Waals surface area contributed by atoms with Crippen molar-refractivity contribution < 1.29 is 38.0 Å². The molecule has 0 amide bonds. The van der Waals surface area contributed by atoms with E-state index in [-0.39, 0.29) is 6.61 Å². The van der Waals surface area contributed by atoms with Crippen LogP contribution in [-0.4, -0.2) is 56.2 Å². The van der Waals surface area contributed by atoms with Crippen molar-refractivity contribution in [3.8, 4) is 5.75 Å². The number of fused-ring (bicyclic) bond motifs is 1. The molecular formula is C37H36O8. The van der Waals surface area contributed by atoms with Crippen LogP contribution < -0.4 is 4.74 Å². The molecule has 2 heterocycles. The van der Waals surface area contributed by atoms with Crippen LogP contribution >= 0.6 is 0 Å². The quantitative estimate of drug-likeness (QED) is 0.184. The number of benzene rings is 4. The van der Waals surface area contributed by atoms with Gasteiger partial charge in [-0.1, -0.05) is 103 Å². The van der Waals surface area contributed by atoms with Crippen LogP contribution in [-0.2, 0) is 38.7 Å². The number of esters is 2. The topological polar surface area (TPSA) is 89.5 Å². The van der Waals surface area contributed by atoms with Crippen molar-refractivity contribution in [1.82, 2.24) is 0 Å².